The minimum Gasteiger partial charge on any atom is -0.756 e. The predicted molar refractivity (Wildman–Crippen MR) is 220 cm³/mol. The fourth-order valence-electron chi connectivity index (χ4n) is 6.42. The van der Waals surface area contributed by atoms with Crippen molar-refractivity contribution >= 4 is 19.8 Å². The van der Waals surface area contributed by atoms with E-state index in [1.807, 2.05) is 6.08 Å². The van der Waals surface area contributed by atoms with Crippen molar-refractivity contribution in [2.24, 2.45) is 0 Å². The van der Waals surface area contributed by atoms with Crippen molar-refractivity contribution in [3.8, 4) is 0 Å². The smallest absolute Gasteiger partial charge is 0.306 e. The van der Waals surface area contributed by atoms with Crippen LogP contribution in [0.1, 0.15) is 197 Å². The Morgan fingerprint density at radius 3 is 1.61 bits per heavy atom. The summed E-state index contributed by atoms with van der Waals surface area (Å²) in [5, 5.41) is 50.0. The number of phosphoric ester groups is 1. The predicted octanol–water partition coefficient (Wildman–Crippen LogP) is 7.63. The zero-order valence-corrected chi connectivity index (χ0v) is 35.6. The third-order valence-corrected chi connectivity index (χ3v) is 10.9. The third-order valence-electron chi connectivity index (χ3n) is 9.88. The summed E-state index contributed by atoms with van der Waals surface area (Å²) in [7, 11) is -5.41. The first kappa shape index (κ1) is 43.6. The molecular formula is C42H82NO13P. The molecule has 0 radical (unpaired) electrons. The van der Waals surface area contributed by atoms with E-state index in [0.29, 0.717) is 32.1 Å². The first-order valence-corrected chi connectivity index (χ1v) is 22.6. The van der Waals surface area contributed by atoms with E-state index in [9.17, 15) is 44.6 Å². The number of hydrogen-bond acceptors (Lipinski definition) is 13. The van der Waals surface area contributed by atoms with Crippen LogP contribution in [-0.4, -0.2) is 93.4 Å². The van der Waals surface area contributed by atoms with Crippen LogP contribution in [0.2, 0.25) is 0 Å². The van der Waals surface area contributed by atoms with Crippen molar-refractivity contribution in [3.05, 3.63) is 12.2 Å². The van der Waals surface area contributed by atoms with Gasteiger partial charge in [-0.1, -0.05) is 148 Å². The average Bonchev–Trinajstić information content (AvgIpc) is 3.21. The van der Waals surface area contributed by atoms with Gasteiger partial charge < -0.3 is 55.1 Å². The Kier molecular flexibility index (Phi) is 27.0. The van der Waals surface area contributed by atoms with Crippen molar-refractivity contribution in [1.82, 2.24) is 6.15 Å². The van der Waals surface area contributed by atoms with Gasteiger partial charge in [-0.25, -0.2) is 0 Å². The normalized spacial score (nSPS) is 25.1. The fraction of sp³-hybridized carbons (Fsp3) is 0.905. The van der Waals surface area contributed by atoms with Crippen LogP contribution in [0.25, 0.3) is 0 Å². The summed E-state index contributed by atoms with van der Waals surface area (Å²) in [5.41, 5.74) is 0. The van der Waals surface area contributed by atoms with E-state index >= 15 is 0 Å². The number of ether oxygens (including phenoxy) is 2. The molecule has 1 aliphatic rings. The van der Waals surface area contributed by atoms with Gasteiger partial charge in [-0.3, -0.25) is 14.2 Å². The fourth-order valence-corrected chi connectivity index (χ4v) is 7.37. The molecule has 0 aromatic carbocycles. The number of esters is 2. The molecule has 0 bridgehead atoms. The van der Waals surface area contributed by atoms with Gasteiger partial charge in [0.05, 0.1) is 6.61 Å². The number of allylic oxidation sites excluding steroid dienone is 2. The van der Waals surface area contributed by atoms with E-state index < -0.39 is 95.3 Å². The lowest BCUT2D eigenvalue weighted by molar-refractivity contribution is -0.261. The summed E-state index contributed by atoms with van der Waals surface area (Å²) in [5.74, 6) is -1.25. The molecule has 8 atom stereocenters. The van der Waals surface area contributed by atoms with Crippen LogP contribution in [0, 0.1) is 0 Å². The van der Waals surface area contributed by atoms with E-state index in [0.717, 1.165) is 64.2 Å². The van der Waals surface area contributed by atoms with E-state index in [4.69, 9.17) is 28.1 Å². The van der Waals surface area contributed by atoms with Gasteiger partial charge in [-0.2, -0.15) is 0 Å². The Morgan fingerprint density at radius 1 is 0.667 bits per heavy atom. The number of hydrogen-bond donors (Lipinski definition) is 6. The molecule has 0 heterocycles. The lowest BCUT2D eigenvalue weighted by Crippen LogP contribution is -2.64. The van der Waals surface area contributed by atoms with Gasteiger partial charge in [0.1, 0.15) is 43.2 Å². The maximum absolute atomic E-state index is 12.8. The minimum atomic E-state index is -5.41. The molecule has 0 aromatic heterocycles. The molecular weight excluding hydrogens is 757 g/mol. The Bertz CT molecular complexity index is 1320. The molecule has 0 aromatic rings. The second-order valence-electron chi connectivity index (χ2n) is 14.9. The second-order valence-corrected chi connectivity index (χ2v) is 16.2. The molecule has 0 amide bonds. The first-order valence-electron chi connectivity index (χ1n) is 24.6. The van der Waals surface area contributed by atoms with E-state index in [1.165, 1.54) is 44.9 Å². The monoisotopic (exact) mass is 847 g/mol. The summed E-state index contributed by atoms with van der Waals surface area (Å²) in [6, 6.07) is 0. The largest absolute Gasteiger partial charge is 0.756 e. The highest BCUT2D eigenvalue weighted by atomic mass is 31.2. The Morgan fingerprint density at radius 2 is 1.11 bits per heavy atom. The minimum absolute atomic E-state index is 0. The molecule has 9 N–H and O–H groups in total. The number of rotatable bonds is 36. The molecule has 1 rings (SSSR count). The average molecular weight is 847 g/mol. The molecule has 0 saturated heterocycles. The van der Waals surface area contributed by atoms with Gasteiger partial charge in [0.2, 0.25) is 0 Å². The SMILES string of the molecule is [2H]C([2H])([2H])C([2H])([2H])C([2H])([2H])CCCCC/C=C\CCCCCCCC(=O)O[C@H](COC(=O)CCCCCCCCCCCCCC)COP(=O)([O-])OC1[C@H](O)[C@H](O)C(O)[C@H](O)[C@H]1O.[NH4+]. The number of aliphatic hydroxyl groups excluding tert-OH is 5. The van der Waals surface area contributed by atoms with Crippen LogP contribution >= 0.6 is 7.82 Å². The van der Waals surface area contributed by atoms with Crippen LogP contribution in [0.4, 0.5) is 0 Å². The van der Waals surface area contributed by atoms with Crippen LogP contribution in [0.15, 0.2) is 12.2 Å². The molecule has 0 aliphatic heterocycles. The van der Waals surface area contributed by atoms with Gasteiger partial charge in [0.15, 0.2) is 6.10 Å². The molecule has 57 heavy (non-hydrogen) atoms. The third kappa shape index (κ3) is 27.8. The van der Waals surface area contributed by atoms with Gasteiger partial charge >= 0.3 is 11.9 Å². The van der Waals surface area contributed by atoms with E-state index in [-0.39, 0.29) is 25.4 Å². The Labute approximate surface area is 353 Å². The number of carbonyl (C=O) groups excluding carboxylic acids is 2. The maximum atomic E-state index is 12.8. The molecule has 14 nitrogen and oxygen atoms in total. The Balaban J connectivity index is 0.0000397. The van der Waals surface area contributed by atoms with Crippen molar-refractivity contribution < 1.29 is 72.7 Å². The van der Waals surface area contributed by atoms with Crippen LogP contribution in [-0.2, 0) is 32.7 Å². The number of carbonyl (C=O) groups is 2. The molecule has 15 heteroatoms. The summed E-state index contributed by atoms with van der Waals surface area (Å²) in [6.45, 7) is -2.20. The van der Waals surface area contributed by atoms with E-state index in [1.54, 1.807) is 0 Å². The highest BCUT2D eigenvalue weighted by Crippen LogP contribution is 2.43. The molecule has 1 saturated carbocycles. The summed E-state index contributed by atoms with van der Waals surface area (Å²) in [4.78, 5) is 38.0. The molecule has 1 fully saturated rings. The standard InChI is InChI=1S/C42H79O13P.H3N/c1-3-5-7-9-11-13-15-17-18-19-21-23-25-27-29-31-36(44)54-34(32-52-35(43)30-28-26-24-22-20-16-14-12-10-8-6-4-2)33-53-56(50,51)55-42-40(48)38(46)37(45)39(47)41(42)49;/h17-18,34,37-42,45-49H,3-16,19-33H2,1-2H3,(H,50,51);1H3/b18-17-;/t34-,37?,38-,39+,40-,41-,42?;/m1./s1/i1D3,3D2,5D2;. The summed E-state index contributed by atoms with van der Waals surface area (Å²) >= 11 is 0. The zero-order valence-electron chi connectivity index (χ0n) is 41.7. The lowest BCUT2D eigenvalue weighted by Gasteiger charge is -2.43. The van der Waals surface area contributed by atoms with Gasteiger partial charge in [-0.15, -0.1) is 0 Å². The highest BCUT2D eigenvalue weighted by Gasteiger charge is 2.50. The number of aliphatic hydroxyl groups is 5. The van der Waals surface area contributed by atoms with Crippen molar-refractivity contribution in [1.29, 1.82) is 0 Å². The maximum Gasteiger partial charge on any atom is 0.306 e. The summed E-state index contributed by atoms with van der Waals surface area (Å²) < 4.78 is 86.0. The first-order chi connectivity index (χ1) is 29.6. The number of unbranched alkanes of at least 4 members (excludes halogenated alkanes) is 19. The Hall–Kier alpha value is -1.45. The van der Waals surface area contributed by atoms with E-state index in [2.05, 4.69) is 13.0 Å². The molecule has 3 unspecified atom stereocenters. The number of phosphoric acid groups is 1. The van der Waals surface area contributed by atoms with Crippen LogP contribution < -0.4 is 11.0 Å². The van der Waals surface area contributed by atoms with Crippen molar-refractivity contribution in [3.63, 3.8) is 0 Å². The highest BCUT2D eigenvalue weighted by molar-refractivity contribution is 7.45. The summed E-state index contributed by atoms with van der Waals surface area (Å²) in [6.07, 6.45) is 5.66. The zero-order chi connectivity index (χ0) is 47.5. The quantitative estimate of drug-likeness (QED) is 0.0154. The van der Waals surface area contributed by atoms with Crippen LogP contribution in [0.5, 0.6) is 0 Å². The van der Waals surface area contributed by atoms with Gasteiger partial charge in [-0.05, 0) is 38.5 Å². The lowest BCUT2D eigenvalue weighted by atomic mass is 9.85. The molecule has 338 valence electrons. The second kappa shape index (κ2) is 35.3. The van der Waals surface area contributed by atoms with Gasteiger partial charge in [0.25, 0.3) is 7.82 Å². The van der Waals surface area contributed by atoms with Gasteiger partial charge in [0, 0.05) is 22.4 Å². The van der Waals surface area contributed by atoms with Crippen molar-refractivity contribution in [2.45, 2.75) is 230 Å². The van der Waals surface area contributed by atoms with Crippen LogP contribution in [0.3, 0.4) is 0 Å². The molecule has 1 aliphatic carbocycles. The molecule has 0 spiro atoms. The number of quaternary nitrogens is 1. The topological polar surface area (TPSA) is 249 Å². The van der Waals surface area contributed by atoms with Crippen molar-refractivity contribution in [2.75, 3.05) is 13.2 Å².